The van der Waals surface area contributed by atoms with Crippen LogP contribution in [0.3, 0.4) is 0 Å². The first-order chi connectivity index (χ1) is 13.5. The quantitative estimate of drug-likeness (QED) is 0.733. The lowest BCUT2D eigenvalue weighted by molar-refractivity contribution is -0.119. The predicted octanol–water partition coefficient (Wildman–Crippen LogP) is 1.94. The van der Waals surface area contributed by atoms with Crippen molar-refractivity contribution in [1.29, 1.82) is 5.26 Å². The van der Waals surface area contributed by atoms with Crippen LogP contribution >= 0.6 is 0 Å². The standard InChI is InChI=1S/C20H21N5O3/c1-11-3-2-8-25(10-11)20-23-17-16(19(28)24-20)15(14(9-21)18(27)22-17)12-4-6-13(26)7-5-12/h4-7,11,14-15,26H,2-3,8,10H2,1H3,(H2,22,23,24,27,28). The number of aromatic amines is 1. The molecule has 0 aliphatic carbocycles. The number of carbonyl (C=O) groups is 1. The number of benzene rings is 1. The average molecular weight is 379 g/mol. The molecule has 3 N–H and O–H groups in total. The van der Waals surface area contributed by atoms with E-state index in [2.05, 4.69) is 22.2 Å². The molecular weight excluding hydrogens is 358 g/mol. The topological polar surface area (TPSA) is 122 Å². The number of carbonyl (C=O) groups excluding carboxylic acids is 1. The van der Waals surface area contributed by atoms with Crippen LogP contribution in [0.25, 0.3) is 0 Å². The Balaban J connectivity index is 1.82. The van der Waals surface area contributed by atoms with Crippen LogP contribution < -0.4 is 15.8 Å². The van der Waals surface area contributed by atoms with Crippen LogP contribution in [-0.2, 0) is 4.79 Å². The molecule has 8 nitrogen and oxygen atoms in total. The van der Waals surface area contributed by atoms with E-state index in [1.54, 1.807) is 12.1 Å². The number of nitrogens with zero attached hydrogens (tertiary/aromatic N) is 3. The molecule has 1 fully saturated rings. The Morgan fingerprint density at radius 1 is 1.29 bits per heavy atom. The van der Waals surface area contributed by atoms with Crippen molar-refractivity contribution in [3.63, 3.8) is 0 Å². The zero-order valence-electron chi connectivity index (χ0n) is 15.5. The monoisotopic (exact) mass is 379 g/mol. The molecule has 0 radical (unpaired) electrons. The minimum Gasteiger partial charge on any atom is -0.508 e. The van der Waals surface area contributed by atoms with Crippen LogP contribution in [0.15, 0.2) is 29.1 Å². The highest BCUT2D eigenvalue weighted by molar-refractivity contribution is 5.98. The molecule has 2 aliphatic heterocycles. The highest BCUT2D eigenvalue weighted by atomic mass is 16.3. The summed E-state index contributed by atoms with van der Waals surface area (Å²) in [5.41, 5.74) is 0.509. The van der Waals surface area contributed by atoms with Gasteiger partial charge >= 0.3 is 0 Å². The number of aromatic nitrogens is 2. The van der Waals surface area contributed by atoms with E-state index in [1.165, 1.54) is 12.1 Å². The number of anilines is 2. The van der Waals surface area contributed by atoms with Crippen molar-refractivity contribution in [3.05, 3.63) is 45.7 Å². The van der Waals surface area contributed by atoms with E-state index in [1.807, 2.05) is 11.0 Å². The maximum atomic E-state index is 13.0. The second-order valence-corrected chi connectivity index (χ2v) is 7.51. The molecular formula is C20H21N5O3. The molecule has 1 aromatic carbocycles. The Morgan fingerprint density at radius 2 is 2.04 bits per heavy atom. The number of rotatable bonds is 2. The van der Waals surface area contributed by atoms with Gasteiger partial charge in [-0.25, -0.2) is 0 Å². The van der Waals surface area contributed by atoms with E-state index < -0.39 is 17.7 Å². The lowest BCUT2D eigenvalue weighted by atomic mass is 9.79. The molecule has 3 atom stereocenters. The van der Waals surface area contributed by atoms with Gasteiger partial charge in [0.15, 0.2) is 0 Å². The molecule has 1 amide bonds. The summed E-state index contributed by atoms with van der Waals surface area (Å²) < 4.78 is 0. The van der Waals surface area contributed by atoms with E-state index in [9.17, 15) is 20.0 Å². The molecule has 3 heterocycles. The van der Waals surface area contributed by atoms with Crippen LogP contribution in [-0.4, -0.2) is 34.1 Å². The molecule has 2 aromatic rings. The molecule has 0 bridgehead atoms. The van der Waals surface area contributed by atoms with Gasteiger partial charge in [-0.3, -0.25) is 14.6 Å². The van der Waals surface area contributed by atoms with Crippen molar-refractivity contribution in [1.82, 2.24) is 9.97 Å². The Morgan fingerprint density at radius 3 is 2.71 bits per heavy atom. The fourth-order valence-corrected chi connectivity index (χ4v) is 4.07. The van der Waals surface area contributed by atoms with Crippen LogP contribution in [0.2, 0.25) is 0 Å². The molecule has 144 valence electrons. The van der Waals surface area contributed by atoms with Crippen LogP contribution in [0, 0.1) is 23.2 Å². The smallest absolute Gasteiger partial charge is 0.258 e. The maximum Gasteiger partial charge on any atom is 0.258 e. The van der Waals surface area contributed by atoms with Crippen LogP contribution in [0.4, 0.5) is 11.8 Å². The highest BCUT2D eigenvalue weighted by Gasteiger charge is 2.40. The number of nitrogens with one attached hydrogen (secondary N) is 2. The molecule has 0 saturated carbocycles. The highest BCUT2D eigenvalue weighted by Crippen LogP contribution is 2.38. The summed E-state index contributed by atoms with van der Waals surface area (Å²) in [6.45, 7) is 3.74. The Labute approximate surface area is 161 Å². The first-order valence-corrected chi connectivity index (χ1v) is 9.36. The number of nitriles is 1. The Bertz CT molecular complexity index is 1010. The van der Waals surface area contributed by atoms with Crippen molar-refractivity contribution >= 4 is 17.7 Å². The SMILES string of the molecule is CC1CCCN(c2nc3c(c(=O)[nH]2)C(c2ccc(O)cc2)C(C#N)C(=O)N3)C1. The lowest BCUT2D eigenvalue weighted by Gasteiger charge is -2.33. The van der Waals surface area contributed by atoms with Gasteiger partial charge in [0.1, 0.15) is 17.5 Å². The third kappa shape index (κ3) is 3.09. The first kappa shape index (κ1) is 18.0. The van der Waals surface area contributed by atoms with Gasteiger partial charge in [0, 0.05) is 19.0 Å². The maximum absolute atomic E-state index is 13.0. The molecule has 4 rings (SSSR count). The zero-order valence-corrected chi connectivity index (χ0v) is 15.5. The molecule has 0 spiro atoms. The summed E-state index contributed by atoms with van der Waals surface area (Å²) in [7, 11) is 0. The third-order valence-electron chi connectivity index (χ3n) is 5.46. The number of phenols is 1. The Kier molecular flexibility index (Phi) is 4.51. The number of fused-ring (bicyclic) bond motifs is 1. The zero-order chi connectivity index (χ0) is 19.8. The molecule has 2 aliphatic rings. The second kappa shape index (κ2) is 7.00. The van der Waals surface area contributed by atoms with Crippen LogP contribution in [0.5, 0.6) is 5.75 Å². The van der Waals surface area contributed by atoms with Crippen LogP contribution in [0.1, 0.15) is 36.8 Å². The van der Waals surface area contributed by atoms with E-state index >= 15 is 0 Å². The van der Waals surface area contributed by atoms with Crippen molar-refractivity contribution < 1.29 is 9.90 Å². The molecule has 1 aromatic heterocycles. The lowest BCUT2D eigenvalue weighted by Crippen LogP contribution is -2.41. The van der Waals surface area contributed by atoms with E-state index in [4.69, 9.17) is 0 Å². The summed E-state index contributed by atoms with van der Waals surface area (Å²) in [5.74, 6) is -1.08. The van der Waals surface area contributed by atoms with E-state index in [0.717, 1.165) is 25.9 Å². The summed E-state index contributed by atoms with van der Waals surface area (Å²) >= 11 is 0. The number of piperidine rings is 1. The van der Waals surface area contributed by atoms with Crippen molar-refractivity contribution in [2.24, 2.45) is 11.8 Å². The average Bonchev–Trinajstić information content (AvgIpc) is 2.67. The third-order valence-corrected chi connectivity index (χ3v) is 5.46. The summed E-state index contributed by atoms with van der Waals surface area (Å²) in [6, 6.07) is 8.18. The minimum atomic E-state index is -1.05. The van der Waals surface area contributed by atoms with Crippen molar-refractivity contribution in [2.75, 3.05) is 23.3 Å². The summed E-state index contributed by atoms with van der Waals surface area (Å²) in [6.07, 6.45) is 2.15. The number of H-pyrrole nitrogens is 1. The normalized spacial score (nSPS) is 24.2. The molecule has 8 heteroatoms. The van der Waals surface area contributed by atoms with Gasteiger partial charge in [0.2, 0.25) is 11.9 Å². The second-order valence-electron chi connectivity index (χ2n) is 7.51. The van der Waals surface area contributed by atoms with Crippen molar-refractivity contribution in [2.45, 2.75) is 25.7 Å². The van der Waals surface area contributed by atoms with Gasteiger partial charge in [-0.15, -0.1) is 0 Å². The molecule has 3 unspecified atom stereocenters. The molecule has 28 heavy (non-hydrogen) atoms. The predicted molar refractivity (Wildman–Crippen MR) is 103 cm³/mol. The summed E-state index contributed by atoms with van der Waals surface area (Å²) in [5, 5.41) is 21.7. The molecule has 1 saturated heterocycles. The number of amides is 1. The fourth-order valence-electron chi connectivity index (χ4n) is 4.07. The van der Waals surface area contributed by atoms with Gasteiger partial charge in [-0.2, -0.15) is 10.2 Å². The number of aromatic hydroxyl groups is 1. The van der Waals surface area contributed by atoms with Gasteiger partial charge in [0.25, 0.3) is 5.56 Å². The summed E-state index contributed by atoms with van der Waals surface area (Å²) in [4.78, 5) is 34.9. The van der Waals surface area contributed by atoms with Gasteiger partial charge in [0.05, 0.1) is 11.6 Å². The van der Waals surface area contributed by atoms with Gasteiger partial charge in [-0.1, -0.05) is 19.1 Å². The largest absolute Gasteiger partial charge is 0.508 e. The minimum absolute atomic E-state index is 0.0688. The first-order valence-electron chi connectivity index (χ1n) is 9.36. The van der Waals surface area contributed by atoms with Crippen molar-refractivity contribution in [3.8, 4) is 11.8 Å². The number of hydrogen-bond acceptors (Lipinski definition) is 6. The number of phenolic OH excluding ortho intramolecular Hbond substituents is 1. The van der Waals surface area contributed by atoms with Gasteiger partial charge in [-0.05, 0) is 36.5 Å². The van der Waals surface area contributed by atoms with Gasteiger partial charge < -0.3 is 15.3 Å². The fraction of sp³-hybridized carbons (Fsp3) is 0.400. The van der Waals surface area contributed by atoms with E-state index in [0.29, 0.717) is 17.4 Å². The van der Waals surface area contributed by atoms with E-state index in [-0.39, 0.29) is 22.7 Å². The Hall–Kier alpha value is -3.34. The number of hydrogen-bond donors (Lipinski definition) is 3.